The molecule has 1 N–H and O–H groups in total. The number of nitrogens with one attached hydrogen (secondary N) is 1. The van der Waals surface area contributed by atoms with Crippen molar-refractivity contribution in [3.8, 4) is 5.75 Å². The van der Waals surface area contributed by atoms with Crippen LogP contribution >= 0.6 is 43.5 Å². The maximum atomic E-state index is 6.16. The molecule has 5 heteroatoms. The maximum Gasteiger partial charge on any atom is 0.124 e. The van der Waals surface area contributed by atoms with Crippen LogP contribution in [0, 0.1) is 0 Å². The lowest BCUT2D eigenvalue weighted by molar-refractivity contribution is 0.303. The molecule has 3 aromatic carbocycles. The number of halogens is 3. The molecule has 3 aromatic rings. The van der Waals surface area contributed by atoms with Gasteiger partial charge in [0, 0.05) is 31.8 Å². The molecule has 0 aliphatic carbocycles. The summed E-state index contributed by atoms with van der Waals surface area (Å²) in [5.41, 5.74) is 3.18. The van der Waals surface area contributed by atoms with Gasteiger partial charge in [-0.15, -0.1) is 0 Å². The van der Waals surface area contributed by atoms with Crippen LogP contribution in [0.4, 0.5) is 5.69 Å². The highest BCUT2D eigenvalue weighted by Gasteiger charge is 2.06. The van der Waals surface area contributed by atoms with Crippen molar-refractivity contribution in [3.05, 3.63) is 91.8 Å². The molecule has 25 heavy (non-hydrogen) atoms. The minimum absolute atomic E-state index is 0.514. The Kier molecular flexibility index (Phi) is 6.40. The van der Waals surface area contributed by atoms with E-state index in [1.165, 1.54) is 0 Å². The first-order valence-electron chi connectivity index (χ1n) is 7.75. The summed E-state index contributed by atoms with van der Waals surface area (Å²) in [6.45, 7) is 1.15. The van der Waals surface area contributed by atoms with Gasteiger partial charge in [0.15, 0.2) is 0 Å². The third kappa shape index (κ3) is 5.50. The summed E-state index contributed by atoms with van der Waals surface area (Å²) in [5.74, 6) is 0.830. The molecular weight excluding hydrogens is 465 g/mol. The molecule has 0 spiro atoms. The van der Waals surface area contributed by atoms with Crippen molar-refractivity contribution >= 4 is 49.1 Å². The molecule has 0 radical (unpaired) electrons. The summed E-state index contributed by atoms with van der Waals surface area (Å²) in [6.07, 6.45) is 0. The smallest absolute Gasteiger partial charge is 0.124 e. The maximum absolute atomic E-state index is 6.16. The molecule has 0 amide bonds. The zero-order valence-electron chi connectivity index (χ0n) is 13.3. The minimum Gasteiger partial charge on any atom is -0.489 e. The molecule has 128 valence electrons. The number of hydrogen-bond donors (Lipinski definition) is 1. The molecule has 2 nitrogen and oxygen atoms in total. The fraction of sp³-hybridized carbons (Fsp3) is 0.100. The van der Waals surface area contributed by atoms with E-state index in [4.69, 9.17) is 16.3 Å². The predicted octanol–water partition coefficient (Wildman–Crippen LogP) is 7.06. The lowest BCUT2D eigenvalue weighted by atomic mass is 10.2. The summed E-state index contributed by atoms with van der Waals surface area (Å²) in [5, 5.41) is 4.09. The number of benzene rings is 3. The first-order chi connectivity index (χ1) is 12.1. The Morgan fingerprint density at radius 2 is 1.48 bits per heavy atom. The van der Waals surface area contributed by atoms with Crippen LogP contribution in [0.1, 0.15) is 11.1 Å². The van der Waals surface area contributed by atoms with E-state index in [1.807, 2.05) is 66.7 Å². The van der Waals surface area contributed by atoms with Gasteiger partial charge in [-0.2, -0.15) is 0 Å². The highest BCUT2D eigenvalue weighted by atomic mass is 79.9. The number of hydrogen-bond acceptors (Lipinski definition) is 2. The van der Waals surface area contributed by atoms with E-state index in [2.05, 4.69) is 37.2 Å². The summed E-state index contributed by atoms with van der Waals surface area (Å²) in [6, 6.07) is 21.9. The van der Waals surface area contributed by atoms with Gasteiger partial charge in [-0.1, -0.05) is 55.6 Å². The fourth-order valence-corrected chi connectivity index (χ4v) is 3.06. The van der Waals surface area contributed by atoms with Crippen LogP contribution in [0.2, 0.25) is 5.02 Å². The second-order valence-electron chi connectivity index (χ2n) is 5.53. The molecule has 3 rings (SSSR count). The van der Waals surface area contributed by atoms with Crippen LogP contribution in [-0.2, 0) is 13.2 Å². The van der Waals surface area contributed by atoms with Gasteiger partial charge in [0.25, 0.3) is 0 Å². The van der Waals surface area contributed by atoms with E-state index in [0.29, 0.717) is 18.2 Å². The van der Waals surface area contributed by atoms with Gasteiger partial charge < -0.3 is 10.1 Å². The molecule has 0 saturated heterocycles. The third-order valence-corrected chi connectivity index (χ3v) is 4.95. The molecule has 0 atom stereocenters. The first kappa shape index (κ1) is 18.3. The predicted molar refractivity (Wildman–Crippen MR) is 111 cm³/mol. The largest absolute Gasteiger partial charge is 0.489 e. The fourth-order valence-electron chi connectivity index (χ4n) is 2.33. The van der Waals surface area contributed by atoms with Gasteiger partial charge in [-0.3, -0.25) is 0 Å². The Labute approximate surface area is 169 Å². The van der Waals surface area contributed by atoms with E-state index in [-0.39, 0.29) is 0 Å². The first-order valence-corrected chi connectivity index (χ1v) is 9.72. The average Bonchev–Trinajstić information content (AvgIpc) is 2.62. The van der Waals surface area contributed by atoms with Gasteiger partial charge in [-0.05, 0) is 60.2 Å². The van der Waals surface area contributed by atoms with Crippen molar-refractivity contribution in [1.82, 2.24) is 0 Å². The SMILES string of the molecule is Clc1ccc(OCc2ccc(Br)cc2)c(CNc2ccc(Br)cc2)c1. The molecular formula is C20H16Br2ClNO. The van der Waals surface area contributed by atoms with E-state index < -0.39 is 0 Å². The second-order valence-corrected chi connectivity index (χ2v) is 7.80. The quantitative estimate of drug-likeness (QED) is 0.407. The normalized spacial score (nSPS) is 10.5. The molecule has 0 heterocycles. The van der Waals surface area contributed by atoms with Crippen molar-refractivity contribution < 1.29 is 4.74 Å². The minimum atomic E-state index is 0.514. The topological polar surface area (TPSA) is 21.3 Å². The van der Waals surface area contributed by atoms with Crippen LogP contribution in [0.25, 0.3) is 0 Å². The lowest BCUT2D eigenvalue weighted by Gasteiger charge is -2.14. The van der Waals surface area contributed by atoms with Crippen LogP contribution in [0.5, 0.6) is 5.75 Å². The van der Waals surface area contributed by atoms with Crippen molar-refractivity contribution in [2.45, 2.75) is 13.2 Å². The summed E-state index contributed by atoms with van der Waals surface area (Å²) >= 11 is 13.0. The second kappa shape index (κ2) is 8.75. The zero-order chi connectivity index (χ0) is 17.6. The van der Waals surface area contributed by atoms with E-state index >= 15 is 0 Å². The molecule has 0 aromatic heterocycles. The van der Waals surface area contributed by atoms with Crippen molar-refractivity contribution in [2.75, 3.05) is 5.32 Å². The van der Waals surface area contributed by atoms with E-state index in [9.17, 15) is 0 Å². The van der Waals surface area contributed by atoms with Gasteiger partial charge in [0.2, 0.25) is 0 Å². The number of rotatable bonds is 6. The van der Waals surface area contributed by atoms with Gasteiger partial charge in [-0.25, -0.2) is 0 Å². The van der Waals surface area contributed by atoms with Crippen LogP contribution in [0.15, 0.2) is 75.7 Å². The molecule has 0 bridgehead atoms. The standard InChI is InChI=1S/C20H16Br2ClNO/c21-16-3-1-14(2-4-16)13-25-20-10-7-18(23)11-15(20)12-24-19-8-5-17(22)6-9-19/h1-11,24H,12-13H2. The van der Waals surface area contributed by atoms with Gasteiger partial charge >= 0.3 is 0 Å². The number of ether oxygens (including phenoxy) is 1. The average molecular weight is 482 g/mol. The Morgan fingerprint density at radius 3 is 2.16 bits per heavy atom. The van der Waals surface area contributed by atoms with E-state index in [0.717, 1.165) is 31.5 Å². The van der Waals surface area contributed by atoms with E-state index in [1.54, 1.807) is 0 Å². The summed E-state index contributed by atoms with van der Waals surface area (Å²) in [4.78, 5) is 0. The highest BCUT2D eigenvalue weighted by molar-refractivity contribution is 9.10. The van der Waals surface area contributed by atoms with Crippen molar-refractivity contribution in [1.29, 1.82) is 0 Å². The molecule has 0 aliphatic heterocycles. The monoisotopic (exact) mass is 479 g/mol. The summed E-state index contributed by atoms with van der Waals surface area (Å²) in [7, 11) is 0. The van der Waals surface area contributed by atoms with Crippen LogP contribution < -0.4 is 10.1 Å². The highest BCUT2D eigenvalue weighted by Crippen LogP contribution is 2.25. The van der Waals surface area contributed by atoms with Crippen LogP contribution in [-0.4, -0.2) is 0 Å². The summed E-state index contributed by atoms with van der Waals surface area (Å²) < 4.78 is 8.12. The molecule has 0 aliphatic rings. The molecule has 0 fully saturated rings. The lowest BCUT2D eigenvalue weighted by Crippen LogP contribution is -2.04. The Morgan fingerprint density at radius 1 is 0.840 bits per heavy atom. The molecule has 0 unspecified atom stereocenters. The van der Waals surface area contributed by atoms with Crippen molar-refractivity contribution in [2.24, 2.45) is 0 Å². The third-order valence-electron chi connectivity index (χ3n) is 3.66. The number of anilines is 1. The Hall–Kier alpha value is -1.49. The Bertz CT molecular complexity index is 835. The van der Waals surface area contributed by atoms with Crippen molar-refractivity contribution in [3.63, 3.8) is 0 Å². The van der Waals surface area contributed by atoms with Crippen LogP contribution in [0.3, 0.4) is 0 Å². The molecule has 0 saturated carbocycles. The van der Waals surface area contributed by atoms with Gasteiger partial charge in [0.05, 0.1) is 0 Å². The zero-order valence-corrected chi connectivity index (χ0v) is 17.2. The Balaban J connectivity index is 1.69. The van der Waals surface area contributed by atoms with Gasteiger partial charge in [0.1, 0.15) is 12.4 Å².